The highest BCUT2D eigenvalue weighted by atomic mass is 16.2. The molecular weight excluding hydrogens is 226 g/mol. The van der Waals surface area contributed by atoms with Gasteiger partial charge in [-0.05, 0) is 49.4 Å². The van der Waals surface area contributed by atoms with Crippen LogP contribution in [0.5, 0.6) is 0 Å². The minimum atomic E-state index is -0.0316. The lowest BCUT2D eigenvalue weighted by atomic mass is 9.94. The monoisotopic (exact) mass is 247 g/mol. The maximum atomic E-state index is 12.0. The van der Waals surface area contributed by atoms with Crippen molar-refractivity contribution in [1.82, 2.24) is 15.6 Å². The van der Waals surface area contributed by atoms with E-state index in [9.17, 15) is 4.79 Å². The minimum absolute atomic E-state index is 0.0316. The SMILES string of the molecule is Cc1cnccc1CNC(=O)C1CC(C)CCN1. The molecule has 0 saturated carbocycles. The van der Waals surface area contributed by atoms with Crippen LogP contribution < -0.4 is 10.6 Å². The number of carbonyl (C=O) groups is 1. The molecule has 1 aliphatic rings. The van der Waals surface area contributed by atoms with Gasteiger partial charge in [0, 0.05) is 18.9 Å². The largest absolute Gasteiger partial charge is 0.351 e. The molecule has 1 fully saturated rings. The fourth-order valence-electron chi connectivity index (χ4n) is 2.31. The van der Waals surface area contributed by atoms with Crippen LogP contribution >= 0.6 is 0 Å². The molecule has 18 heavy (non-hydrogen) atoms. The Hall–Kier alpha value is -1.42. The van der Waals surface area contributed by atoms with Crippen molar-refractivity contribution >= 4 is 5.91 Å². The first kappa shape index (κ1) is 13.0. The van der Waals surface area contributed by atoms with Crippen molar-refractivity contribution in [1.29, 1.82) is 0 Å². The van der Waals surface area contributed by atoms with Gasteiger partial charge < -0.3 is 10.6 Å². The summed E-state index contributed by atoms with van der Waals surface area (Å²) in [4.78, 5) is 16.1. The van der Waals surface area contributed by atoms with Crippen LogP contribution in [0.2, 0.25) is 0 Å². The van der Waals surface area contributed by atoms with Crippen molar-refractivity contribution in [2.24, 2.45) is 5.92 Å². The van der Waals surface area contributed by atoms with Crippen molar-refractivity contribution in [3.05, 3.63) is 29.6 Å². The van der Waals surface area contributed by atoms with E-state index in [2.05, 4.69) is 22.5 Å². The average molecular weight is 247 g/mol. The van der Waals surface area contributed by atoms with E-state index in [0.29, 0.717) is 12.5 Å². The van der Waals surface area contributed by atoms with E-state index in [1.807, 2.05) is 19.2 Å². The highest BCUT2D eigenvalue weighted by Crippen LogP contribution is 2.15. The molecule has 0 spiro atoms. The first-order valence-corrected chi connectivity index (χ1v) is 6.57. The zero-order chi connectivity index (χ0) is 13.0. The van der Waals surface area contributed by atoms with Gasteiger partial charge in [-0.25, -0.2) is 0 Å². The first-order chi connectivity index (χ1) is 8.66. The van der Waals surface area contributed by atoms with E-state index in [1.165, 1.54) is 0 Å². The zero-order valence-corrected chi connectivity index (χ0v) is 11.1. The molecule has 1 saturated heterocycles. The Bertz CT molecular complexity index is 419. The number of amides is 1. The van der Waals surface area contributed by atoms with Crippen LogP contribution in [0.3, 0.4) is 0 Å². The molecule has 2 N–H and O–H groups in total. The summed E-state index contributed by atoms with van der Waals surface area (Å²) in [6.07, 6.45) is 5.67. The molecule has 0 bridgehead atoms. The molecule has 1 aliphatic heterocycles. The minimum Gasteiger partial charge on any atom is -0.351 e. The van der Waals surface area contributed by atoms with E-state index in [4.69, 9.17) is 0 Å². The van der Waals surface area contributed by atoms with Crippen LogP contribution in [0.1, 0.15) is 30.9 Å². The number of nitrogens with zero attached hydrogens (tertiary/aromatic N) is 1. The topological polar surface area (TPSA) is 54.0 Å². The van der Waals surface area contributed by atoms with Gasteiger partial charge in [0.05, 0.1) is 6.04 Å². The van der Waals surface area contributed by atoms with Crippen LogP contribution in [0.15, 0.2) is 18.5 Å². The van der Waals surface area contributed by atoms with E-state index in [0.717, 1.165) is 30.5 Å². The van der Waals surface area contributed by atoms with Crippen molar-refractivity contribution < 1.29 is 4.79 Å². The van der Waals surface area contributed by atoms with Crippen molar-refractivity contribution in [2.75, 3.05) is 6.54 Å². The summed E-state index contributed by atoms with van der Waals surface area (Å²) in [5, 5.41) is 6.28. The van der Waals surface area contributed by atoms with Crippen LogP contribution in [0.4, 0.5) is 0 Å². The van der Waals surface area contributed by atoms with Crippen LogP contribution in [0, 0.1) is 12.8 Å². The summed E-state index contributed by atoms with van der Waals surface area (Å²) in [6.45, 7) is 5.73. The van der Waals surface area contributed by atoms with Gasteiger partial charge in [-0.3, -0.25) is 9.78 Å². The van der Waals surface area contributed by atoms with Crippen LogP contribution in [0.25, 0.3) is 0 Å². The summed E-state index contributed by atoms with van der Waals surface area (Å²) < 4.78 is 0. The molecule has 1 amide bonds. The number of hydrogen-bond acceptors (Lipinski definition) is 3. The van der Waals surface area contributed by atoms with Gasteiger partial charge in [-0.1, -0.05) is 6.92 Å². The maximum Gasteiger partial charge on any atom is 0.237 e. The second-order valence-corrected chi connectivity index (χ2v) is 5.16. The molecule has 0 radical (unpaired) electrons. The number of nitrogens with one attached hydrogen (secondary N) is 2. The zero-order valence-electron chi connectivity index (χ0n) is 11.1. The summed E-state index contributed by atoms with van der Waals surface area (Å²) in [5.74, 6) is 0.738. The lowest BCUT2D eigenvalue weighted by Crippen LogP contribution is -2.48. The van der Waals surface area contributed by atoms with Crippen molar-refractivity contribution in [3.8, 4) is 0 Å². The smallest absolute Gasteiger partial charge is 0.237 e. The summed E-state index contributed by atoms with van der Waals surface area (Å²) in [5.41, 5.74) is 2.24. The molecule has 4 heteroatoms. The van der Waals surface area contributed by atoms with Crippen molar-refractivity contribution in [3.63, 3.8) is 0 Å². The molecule has 2 rings (SSSR count). The number of piperidine rings is 1. The lowest BCUT2D eigenvalue weighted by molar-refractivity contribution is -0.124. The van der Waals surface area contributed by atoms with E-state index in [-0.39, 0.29) is 11.9 Å². The predicted octanol–water partition coefficient (Wildman–Crippen LogP) is 1.39. The second-order valence-electron chi connectivity index (χ2n) is 5.16. The fraction of sp³-hybridized carbons (Fsp3) is 0.571. The quantitative estimate of drug-likeness (QED) is 0.849. The maximum absolute atomic E-state index is 12.0. The third-order valence-electron chi connectivity index (χ3n) is 3.57. The van der Waals surface area contributed by atoms with Gasteiger partial charge in [-0.2, -0.15) is 0 Å². The Balaban J connectivity index is 1.86. The third kappa shape index (κ3) is 3.29. The number of carbonyl (C=O) groups excluding carboxylic acids is 1. The molecule has 1 aromatic heterocycles. The highest BCUT2D eigenvalue weighted by molar-refractivity contribution is 5.81. The van der Waals surface area contributed by atoms with Crippen LogP contribution in [-0.4, -0.2) is 23.5 Å². The van der Waals surface area contributed by atoms with Crippen molar-refractivity contribution in [2.45, 2.75) is 39.3 Å². The molecule has 0 aliphatic carbocycles. The van der Waals surface area contributed by atoms with Gasteiger partial charge in [0.1, 0.15) is 0 Å². The lowest BCUT2D eigenvalue weighted by Gasteiger charge is -2.27. The third-order valence-corrected chi connectivity index (χ3v) is 3.57. The molecule has 4 nitrogen and oxygen atoms in total. The number of pyridine rings is 1. The number of aryl methyl sites for hydroxylation is 1. The Morgan fingerprint density at radius 3 is 3.17 bits per heavy atom. The second kappa shape index (κ2) is 5.96. The molecule has 1 aromatic rings. The molecule has 0 aromatic carbocycles. The van der Waals surface area contributed by atoms with Gasteiger partial charge in [0.2, 0.25) is 5.91 Å². The number of hydrogen-bond donors (Lipinski definition) is 2. The predicted molar refractivity (Wildman–Crippen MR) is 71.0 cm³/mol. The Morgan fingerprint density at radius 2 is 2.44 bits per heavy atom. The number of aromatic nitrogens is 1. The molecule has 2 heterocycles. The summed E-state index contributed by atoms with van der Waals surface area (Å²) in [6, 6.07) is 1.92. The fourth-order valence-corrected chi connectivity index (χ4v) is 2.31. The molecule has 2 unspecified atom stereocenters. The standard InChI is InChI=1S/C14H21N3O/c1-10-3-6-16-13(7-10)14(18)17-9-12-4-5-15-8-11(12)2/h4-5,8,10,13,16H,3,6-7,9H2,1-2H3,(H,17,18). The first-order valence-electron chi connectivity index (χ1n) is 6.57. The summed E-state index contributed by atoms with van der Waals surface area (Å²) in [7, 11) is 0. The molecule has 2 atom stereocenters. The Labute approximate surface area is 108 Å². The van der Waals surface area contributed by atoms with E-state index < -0.39 is 0 Å². The van der Waals surface area contributed by atoms with E-state index >= 15 is 0 Å². The highest BCUT2D eigenvalue weighted by Gasteiger charge is 2.24. The normalized spacial score (nSPS) is 23.7. The Kier molecular flexibility index (Phi) is 4.31. The summed E-state index contributed by atoms with van der Waals surface area (Å²) >= 11 is 0. The molecule has 98 valence electrons. The van der Waals surface area contributed by atoms with Gasteiger partial charge in [0.15, 0.2) is 0 Å². The van der Waals surface area contributed by atoms with Gasteiger partial charge in [-0.15, -0.1) is 0 Å². The van der Waals surface area contributed by atoms with Gasteiger partial charge in [0.25, 0.3) is 0 Å². The molecular formula is C14H21N3O. The van der Waals surface area contributed by atoms with Crippen LogP contribution in [-0.2, 0) is 11.3 Å². The van der Waals surface area contributed by atoms with Gasteiger partial charge >= 0.3 is 0 Å². The number of rotatable bonds is 3. The van der Waals surface area contributed by atoms with E-state index in [1.54, 1.807) is 6.20 Å². The Morgan fingerprint density at radius 1 is 1.61 bits per heavy atom. The average Bonchev–Trinajstić information content (AvgIpc) is 2.37.